The third kappa shape index (κ3) is 5.64. The molecular formula is C19H21Cl2N3O2. The van der Waals surface area contributed by atoms with Crippen LogP contribution in [-0.2, 0) is 9.59 Å². The Balaban J connectivity index is 1.89. The molecule has 0 bridgehead atoms. The average Bonchev–Trinajstić information content (AvgIpc) is 2.60. The molecule has 0 aromatic heterocycles. The number of hydrogen-bond donors (Lipinski definition) is 2. The second kappa shape index (κ2) is 9.46. The molecule has 0 saturated heterocycles. The first-order valence-corrected chi connectivity index (χ1v) is 9.08. The first-order valence-electron chi connectivity index (χ1n) is 8.32. The molecule has 138 valence electrons. The Morgan fingerprint density at radius 1 is 0.846 bits per heavy atom. The molecule has 0 radical (unpaired) electrons. The van der Waals surface area contributed by atoms with E-state index in [9.17, 15) is 9.59 Å². The minimum absolute atomic E-state index is 0.294. The molecule has 0 heterocycles. The van der Waals surface area contributed by atoms with E-state index in [1.54, 1.807) is 12.1 Å². The number of halogens is 2. The van der Waals surface area contributed by atoms with E-state index in [-0.39, 0.29) is 6.42 Å². The second-order valence-electron chi connectivity index (χ2n) is 5.62. The van der Waals surface area contributed by atoms with Crippen LogP contribution in [-0.4, -0.2) is 24.9 Å². The molecule has 0 spiro atoms. The van der Waals surface area contributed by atoms with Crippen LogP contribution in [0.3, 0.4) is 0 Å². The summed E-state index contributed by atoms with van der Waals surface area (Å²) in [6.45, 7) is 6.01. The highest BCUT2D eigenvalue weighted by atomic mass is 35.5. The Morgan fingerprint density at radius 3 is 1.92 bits per heavy atom. The van der Waals surface area contributed by atoms with Crippen LogP contribution in [0, 0.1) is 0 Å². The number of anilines is 3. The lowest BCUT2D eigenvalue weighted by Crippen LogP contribution is -2.22. The topological polar surface area (TPSA) is 61.4 Å². The molecule has 7 heteroatoms. The number of benzene rings is 2. The summed E-state index contributed by atoms with van der Waals surface area (Å²) in [7, 11) is 0. The van der Waals surface area contributed by atoms with Crippen molar-refractivity contribution in [3.8, 4) is 0 Å². The van der Waals surface area contributed by atoms with Crippen molar-refractivity contribution in [2.24, 2.45) is 0 Å². The predicted molar refractivity (Wildman–Crippen MR) is 108 cm³/mol. The Hall–Kier alpha value is -2.24. The van der Waals surface area contributed by atoms with Crippen LogP contribution in [0.4, 0.5) is 17.1 Å². The SMILES string of the molecule is CCN(CC)c1ccc(NC(=O)CC(=O)Nc2ccc(Cl)c(Cl)c2)cc1. The van der Waals surface area contributed by atoms with Gasteiger partial charge in [-0.3, -0.25) is 9.59 Å². The summed E-state index contributed by atoms with van der Waals surface area (Å²) in [5.74, 6) is -0.821. The van der Waals surface area contributed by atoms with Crippen molar-refractivity contribution in [2.75, 3.05) is 28.6 Å². The van der Waals surface area contributed by atoms with E-state index in [4.69, 9.17) is 23.2 Å². The molecule has 2 rings (SSSR count). The molecular weight excluding hydrogens is 373 g/mol. The molecule has 0 fully saturated rings. The Labute approximate surface area is 163 Å². The summed E-state index contributed by atoms with van der Waals surface area (Å²) in [6, 6.07) is 12.3. The Bertz CT molecular complexity index is 775. The average molecular weight is 394 g/mol. The third-order valence-electron chi connectivity index (χ3n) is 3.80. The van der Waals surface area contributed by atoms with Crippen molar-refractivity contribution in [3.63, 3.8) is 0 Å². The fourth-order valence-corrected chi connectivity index (χ4v) is 2.77. The van der Waals surface area contributed by atoms with Gasteiger partial charge in [0.25, 0.3) is 0 Å². The summed E-state index contributed by atoms with van der Waals surface area (Å²) in [5.41, 5.74) is 2.22. The van der Waals surface area contributed by atoms with E-state index in [1.807, 2.05) is 24.3 Å². The van der Waals surface area contributed by atoms with Gasteiger partial charge < -0.3 is 15.5 Å². The molecule has 2 amide bonds. The second-order valence-corrected chi connectivity index (χ2v) is 6.44. The molecule has 0 aliphatic heterocycles. The van der Waals surface area contributed by atoms with Gasteiger partial charge in [0.1, 0.15) is 6.42 Å². The molecule has 0 aliphatic rings. The normalized spacial score (nSPS) is 10.3. The number of carbonyl (C=O) groups excluding carboxylic acids is 2. The highest BCUT2D eigenvalue weighted by Crippen LogP contribution is 2.25. The lowest BCUT2D eigenvalue weighted by molar-refractivity contribution is -0.123. The Kier molecular flexibility index (Phi) is 7.30. The number of nitrogens with zero attached hydrogens (tertiary/aromatic N) is 1. The first-order chi connectivity index (χ1) is 12.4. The number of hydrogen-bond acceptors (Lipinski definition) is 3. The van der Waals surface area contributed by atoms with Crippen molar-refractivity contribution in [2.45, 2.75) is 20.3 Å². The number of amides is 2. The lowest BCUT2D eigenvalue weighted by Gasteiger charge is -2.21. The largest absolute Gasteiger partial charge is 0.372 e. The highest BCUT2D eigenvalue weighted by molar-refractivity contribution is 6.42. The van der Waals surface area contributed by atoms with Crippen molar-refractivity contribution in [3.05, 3.63) is 52.5 Å². The van der Waals surface area contributed by atoms with Gasteiger partial charge >= 0.3 is 0 Å². The third-order valence-corrected chi connectivity index (χ3v) is 4.54. The van der Waals surface area contributed by atoms with Gasteiger partial charge in [0.2, 0.25) is 11.8 Å². The molecule has 0 saturated carbocycles. The van der Waals surface area contributed by atoms with Gasteiger partial charge in [-0.25, -0.2) is 0 Å². The van der Waals surface area contributed by atoms with Gasteiger partial charge in [-0.1, -0.05) is 23.2 Å². The molecule has 2 aromatic carbocycles. The van der Waals surface area contributed by atoms with Crippen molar-refractivity contribution in [1.82, 2.24) is 0 Å². The van der Waals surface area contributed by atoms with Crippen molar-refractivity contribution in [1.29, 1.82) is 0 Å². The fourth-order valence-electron chi connectivity index (χ4n) is 2.47. The van der Waals surface area contributed by atoms with E-state index in [1.165, 1.54) is 6.07 Å². The maximum atomic E-state index is 12.0. The zero-order valence-electron chi connectivity index (χ0n) is 14.7. The predicted octanol–water partition coefficient (Wildman–Crippen LogP) is 4.81. The van der Waals surface area contributed by atoms with Crippen LogP contribution in [0.2, 0.25) is 10.0 Å². The van der Waals surface area contributed by atoms with Crippen LogP contribution in [0.5, 0.6) is 0 Å². The van der Waals surface area contributed by atoms with Crippen LogP contribution in [0.1, 0.15) is 20.3 Å². The van der Waals surface area contributed by atoms with E-state index < -0.39 is 11.8 Å². The number of nitrogens with one attached hydrogen (secondary N) is 2. The molecule has 0 atom stereocenters. The van der Waals surface area contributed by atoms with Gasteiger partial charge in [-0.2, -0.15) is 0 Å². The smallest absolute Gasteiger partial charge is 0.233 e. The zero-order valence-corrected chi connectivity index (χ0v) is 16.2. The van der Waals surface area contributed by atoms with E-state index in [2.05, 4.69) is 29.4 Å². The van der Waals surface area contributed by atoms with E-state index in [0.717, 1.165) is 18.8 Å². The van der Waals surface area contributed by atoms with Gasteiger partial charge in [-0.15, -0.1) is 0 Å². The van der Waals surface area contributed by atoms with Crippen molar-refractivity contribution < 1.29 is 9.59 Å². The van der Waals surface area contributed by atoms with Gasteiger partial charge in [0.05, 0.1) is 10.0 Å². The molecule has 2 aromatic rings. The Morgan fingerprint density at radius 2 is 1.38 bits per heavy atom. The monoisotopic (exact) mass is 393 g/mol. The molecule has 5 nitrogen and oxygen atoms in total. The lowest BCUT2D eigenvalue weighted by atomic mass is 10.2. The standard InChI is InChI=1S/C19H21Cl2N3O2/c1-3-24(4-2)15-8-5-13(6-9-15)22-18(25)12-19(26)23-14-7-10-16(20)17(21)11-14/h5-11H,3-4,12H2,1-2H3,(H,22,25)(H,23,26). The number of carbonyl (C=O) groups is 2. The van der Waals surface area contributed by atoms with Gasteiger partial charge in [0.15, 0.2) is 0 Å². The summed E-state index contributed by atoms with van der Waals surface area (Å²) in [6.07, 6.45) is -0.294. The van der Waals surface area contributed by atoms with Crippen molar-refractivity contribution >= 4 is 52.1 Å². The highest BCUT2D eigenvalue weighted by Gasteiger charge is 2.11. The first kappa shape index (κ1) is 20.1. The van der Waals surface area contributed by atoms with E-state index >= 15 is 0 Å². The quantitative estimate of drug-likeness (QED) is 0.663. The van der Waals surface area contributed by atoms with Crippen LogP contribution < -0.4 is 15.5 Å². The summed E-state index contributed by atoms with van der Waals surface area (Å²) in [4.78, 5) is 26.2. The van der Waals surface area contributed by atoms with Gasteiger partial charge in [0, 0.05) is 30.2 Å². The van der Waals surface area contributed by atoms with Crippen LogP contribution in [0.15, 0.2) is 42.5 Å². The number of rotatable bonds is 7. The molecule has 2 N–H and O–H groups in total. The maximum Gasteiger partial charge on any atom is 0.233 e. The van der Waals surface area contributed by atoms with Gasteiger partial charge in [-0.05, 0) is 56.3 Å². The van der Waals surface area contributed by atoms with Crippen LogP contribution in [0.25, 0.3) is 0 Å². The summed E-state index contributed by atoms with van der Waals surface area (Å²) in [5, 5.41) is 6.07. The molecule has 26 heavy (non-hydrogen) atoms. The summed E-state index contributed by atoms with van der Waals surface area (Å²) >= 11 is 11.7. The molecule has 0 unspecified atom stereocenters. The zero-order chi connectivity index (χ0) is 19.1. The molecule has 0 aliphatic carbocycles. The summed E-state index contributed by atoms with van der Waals surface area (Å²) < 4.78 is 0. The van der Waals surface area contributed by atoms with E-state index in [0.29, 0.717) is 21.4 Å². The minimum Gasteiger partial charge on any atom is -0.372 e. The van der Waals surface area contributed by atoms with Crippen LogP contribution >= 0.6 is 23.2 Å². The minimum atomic E-state index is -0.430. The maximum absolute atomic E-state index is 12.0. The fraction of sp³-hybridized carbons (Fsp3) is 0.263.